The lowest BCUT2D eigenvalue weighted by molar-refractivity contribution is 0.149. The van der Waals surface area contributed by atoms with Crippen LogP contribution in [0.25, 0.3) is 0 Å². The predicted molar refractivity (Wildman–Crippen MR) is 112 cm³/mol. The van der Waals surface area contributed by atoms with Crippen LogP contribution in [0.15, 0.2) is 23.3 Å². The number of hydrogen-bond donors (Lipinski definition) is 2. The van der Waals surface area contributed by atoms with Gasteiger partial charge >= 0.3 is 7.60 Å². The molecule has 0 aromatic carbocycles. The Morgan fingerprint density at radius 1 is 1.00 bits per heavy atom. The molecule has 6 nitrogen and oxygen atoms in total. The van der Waals surface area contributed by atoms with Gasteiger partial charge < -0.3 is 19.0 Å². The van der Waals surface area contributed by atoms with Crippen molar-refractivity contribution < 1.29 is 28.2 Å². The summed E-state index contributed by atoms with van der Waals surface area (Å²) in [6.07, 6.45) is 10.0. The Kier molecular flexibility index (Phi) is 13.8. The second-order valence-electron chi connectivity index (χ2n) is 7.53. The molecule has 0 radical (unpaired) electrons. The molecule has 27 heavy (non-hydrogen) atoms. The zero-order valence-electron chi connectivity index (χ0n) is 17.5. The van der Waals surface area contributed by atoms with Crippen LogP contribution in [0.1, 0.15) is 73.1 Å². The molecule has 0 amide bonds. The highest BCUT2D eigenvalue weighted by molar-refractivity contribution is 7.73. The third-order valence-electron chi connectivity index (χ3n) is 3.67. The minimum absolute atomic E-state index is 0.250. The first kappa shape index (κ1) is 26.8. The molecule has 0 saturated heterocycles. The van der Waals surface area contributed by atoms with E-state index in [2.05, 4.69) is 32.9 Å². The third kappa shape index (κ3) is 17.6. The van der Waals surface area contributed by atoms with Gasteiger partial charge in [0, 0.05) is 6.61 Å². The van der Waals surface area contributed by atoms with E-state index in [1.54, 1.807) is 13.8 Å². The second kappa shape index (κ2) is 13.9. The molecule has 8 heteroatoms. The van der Waals surface area contributed by atoms with E-state index in [1.807, 2.05) is 0 Å². The first-order valence-electron chi connectivity index (χ1n) is 9.61. The predicted octanol–water partition coefficient (Wildman–Crippen LogP) is 6.05. The number of hydrogen-bond acceptors (Lipinski definition) is 4. The van der Waals surface area contributed by atoms with Gasteiger partial charge in [0.2, 0.25) is 7.37 Å². The lowest BCUT2D eigenvalue weighted by Crippen LogP contribution is -2.09. The minimum Gasteiger partial charge on any atom is -0.371 e. The monoisotopic (exact) mass is 424 g/mol. The van der Waals surface area contributed by atoms with Crippen LogP contribution >= 0.6 is 15.0 Å². The minimum atomic E-state index is -4.42. The topological polar surface area (TPSA) is 93.1 Å². The maximum absolute atomic E-state index is 12.5. The Bertz CT molecular complexity index is 559. The molecule has 1 atom stereocenters. The van der Waals surface area contributed by atoms with Crippen molar-refractivity contribution >= 4 is 15.0 Å². The molecule has 2 N–H and O–H groups in total. The molecule has 0 aromatic rings. The lowest BCUT2D eigenvalue weighted by atomic mass is 10.1. The second-order valence-corrected chi connectivity index (χ2v) is 12.1. The van der Waals surface area contributed by atoms with Crippen LogP contribution < -0.4 is 0 Å². The Morgan fingerprint density at radius 3 is 2.22 bits per heavy atom. The smallest absolute Gasteiger partial charge is 0.335 e. The third-order valence-corrected chi connectivity index (χ3v) is 8.25. The van der Waals surface area contributed by atoms with E-state index in [0.717, 1.165) is 38.5 Å². The summed E-state index contributed by atoms with van der Waals surface area (Å²) in [5.41, 5.74) is 2.76. The van der Waals surface area contributed by atoms with Crippen LogP contribution in [-0.2, 0) is 18.4 Å². The standard InChI is InChI=1S/C19H38O6P2/c1-17(2)11-10-13-19(5)12-8-6-7-9-14-24-15-26(20,25-18(3)4)16-27(21,22)23/h11-12,18H,6-10,13-16H2,1-5H3,(H2,21,22,23). The van der Waals surface area contributed by atoms with Crippen molar-refractivity contribution in [2.45, 2.75) is 79.2 Å². The molecule has 0 rings (SSSR count). The average molecular weight is 424 g/mol. The molecule has 0 aliphatic rings. The summed E-state index contributed by atoms with van der Waals surface area (Å²) in [5.74, 6) is -0.769. The van der Waals surface area contributed by atoms with Gasteiger partial charge in [0.1, 0.15) is 12.3 Å². The van der Waals surface area contributed by atoms with Gasteiger partial charge in [-0.25, -0.2) is 0 Å². The van der Waals surface area contributed by atoms with Crippen molar-refractivity contribution in [1.82, 2.24) is 0 Å². The van der Waals surface area contributed by atoms with E-state index < -0.39 is 20.9 Å². The summed E-state index contributed by atoms with van der Waals surface area (Å²) in [6, 6.07) is 0. The average Bonchev–Trinajstić information content (AvgIpc) is 2.46. The summed E-state index contributed by atoms with van der Waals surface area (Å²) < 4.78 is 34.3. The van der Waals surface area contributed by atoms with Crippen molar-refractivity contribution in [3.05, 3.63) is 23.3 Å². The largest absolute Gasteiger partial charge is 0.371 e. The zero-order valence-corrected chi connectivity index (χ0v) is 19.3. The van der Waals surface area contributed by atoms with Gasteiger partial charge in [-0.3, -0.25) is 9.13 Å². The van der Waals surface area contributed by atoms with Gasteiger partial charge in [-0.15, -0.1) is 0 Å². The summed E-state index contributed by atoms with van der Waals surface area (Å²) in [6.45, 7) is 10.2. The van der Waals surface area contributed by atoms with Crippen molar-refractivity contribution in [2.24, 2.45) is 0 Å². The molecule has 160 valence electrons. The van der Waals surface area contributed by atoms with Crippen molar-refractivity contribution in [3.63, 3.8) is 0 Å². The summed E-state index contributed by atoms with van der Waals surface area (Å²) in [5, 5.41) is 0. The van der Waals surface area contributed by atoms with E-state index >= 15 is 0 Å². The van der Waals surface area contributed by atoms with Crippen LogP contribution in [0.4, 0.5) is 0 Å². The van der Waals surface area contributed by atoms with E-state index in [0.29, 0.717) is 6.61 Å². The number of ether oxygens (including phenoxy) is 1. The van der Waals surface area contributed by atoms with Crippen LogP contribution in [0.2, 0.25) is 0 Å². The van der Waals surface area contributed by atoms with Gasteiger partial charge in [0.25, 0.3) is 0 Å². The highest BCUT2D eigenvalue weighted by Gasteiger charge is 2.33. The highest BCUT2D eigenvalue weighted by atomic mass is 31.2. The van der Waals surface area contributed by atoms with E-state index in [-0.39, 0.29) is 12.5 Å². The molecule has 0 fully saturated rings. The molecule has 1 unspecified atom stereocenters. The zero-order chi connectivity index (χ0) is 20.9. The number of rotatable bonds is 15. The summed E-state index contributed by atoms with van der Waals surface area (Å²) in [7, 11) is -7.90. The van der Waals surface area contributed by atoms with E-state index in [9.17, 15) is 9.13 Å². The molecule has 0 heterocycles. The number of unbranched alkanes of at least 4 members (excludes halogenated alkanes) is 3. The normalized spacial score (nSPS) is 15.0. The summed E-state index contributed by atoms with van der Waals surface area (Å²) in [4.78, 5) is 18.2. The van der Waals surface area contributed by atoms with Crippen LogP contribution in [-0.4, -0.2) is 34.7 Å². The fourth-order valence-corrected chi connectivity index (χ4v) is 6.61. The quantitative estimate of drug-likeness (QED) is 0.189. The molecule has 0 aliphatic carbocycles. The van der Waals surface area contributed by atoms with Gasteiger partial charge in [-0.05, 0) is 66.7 Å². The van der Waals surface area contributed by atoms with Gasteiger partial charge in [-0.2, -0.15) is 0 Å². The van der Waals surface area contributed by atoms with Gasteiger partial charge in [0.15, 0.2) is 0 Å². The van der Waals surface area contributed by atoms with Crippen LogP contribution in [0, 0.1) is 0 Å². The van der Waals surface area contributed by atoms with Crippen LogP contribution in [0.3, 0.4) is 0 Å². The lowest BCUT2D eigenvalue weighted by Gasteiger charge is -2.21. The highest BCUT2D eigenvalue weighted by Crippen LogP contribution is 2.58. The number of allylic oxidation sites excluding steroid dienone is 4. The Morgan fingerprint density at radius 2 is 1.67 bits per heavy atom. The first-order valence-corrected chi connectivity index (χ1v) is 13.4. The Hall–Kier alpha value is -0.220. The van der Waals surface area contributed by atoms with Gasteiger partial charge in [0.05, 0.1) is 6.10 Å². The maximum atomic E-state index is 12.5. The summed E-state index contributed by atoms with van der Waals surface area (Å²) >= 11 is 0. The molecule has 0 aliphatic heterocycles. The molecule has 0 spiro atoms. The van der Waals surface area contributed by atoms with Crippen molar-refractivity contribution in [3.8, 4) is 0 Å². The molecule has 0 saturated carbocycles. The van der Waals surface area contributed by atoms with E-state index in [4.69, 9.17) is 19.0 Å². The fraction of sp³-hybridized carbons (Fsp3) is 0.789. The molecule has 0 aromatic heterocycles. The van der Waals surface area contributed by atoms with E-state index in [1.165, 1.54) is 11.1 Å². The molecular formula is C19H38O6P2. The SMILES string of the molecule is CC(C)=CCCC(C)=CCCCCCOCP(=O)(CP(=O)(O)O)OC(C)C. The fourth-order valence-electron chi connectivity index (χ4n) is 2.54. The maximum Gasteiger partial charge on any atom is 0.335 e. The Balaban J connectivity index is 4.01. The Labute approximate surface area is 165 Å². The van der Waals surface area contributed by atoms with Crippen molar-refractivity contribution in [2.75, 3.05) is 18.9 Å². The molecular weight excluding hydrogens is 386 g/mol. The van der Waals surface area contributed by atoms with Gasteiger partial charge in [-0.1, -0.05) is 29.7 Å². The van der Waals surface area contributed by atoms with Crippen molar-refractivity contribution in [1.29, 1.82) is 0 Å². The molecule has 0 bridgehead atoms. The van der Waals surface area contributed by atoms with Crippen LogP contribution in [0.5, 0.6) is 0 Å². The first-order chi connectivity index (χ1) is 12.4.